The van der Waals surface area contributed by atoms with E-state index in [0.717, 1.165) is 30.8 Å². The van der Waals surface area contributed by atoms with Crippen LogP contribution in [0.15, 0.2) is 36.5 Å². The van der Waals surface area contributed by atoms with Gasteiger partial charge in [0.05, 0.1) is 5.56 Å². The van der Waals surface area contributed by atoms with Gasteiger partial charge in [0.2, 0.25) is 0 Å². The summed E-state index contributed by atoms with van der Waals surface area (Å²) in [5, 5.41) is 3.31. The minimum atomic E-state index is -4.33. The van der Waals surface area contributed by atoms with Crippen LogP contribution in [0.5, 0.6) is 0 Å². The van der Waals surface area contributed by atoms with Gasteiger partial charge < -0.3 is 5.32 Å². The van der Waals surface area contributed by atoms with Crippen LogP contribution in [0.4, 0.5) is 18.9 Å². The van der Waals surface area contributed by atoms with Crippen molar-refractivity contribution >= 4 is 5.69 Å². The summed E-state index contributed by atoms with van der Waals surface area (Å²) >= 11 is 0. The first-order valence-corrected chi connectivity index (χ1v) is 7.40. The molecular formula is C17H17F3N2. The zero-order chi connectivity index (χ0) is 15.6. The Morgan fingerprint density at radius 2 is 1.86 bits per heavy atom. The van der Waals surface area contributed by atoms with Crippen LogP contribution in [0.25, 0.3) is 0 Å². The number of hydrogen-bond donors (Lipinski definition) is 1. The smallest absolute Gasteiger partial charge is 0.385 e. The van der Waals surface area contributed by atoms with Crippen LogP contribution in [-0.2, 0) is 25.4 Å². The standard InChI is InChI=1S/C17H17F3N2/c18-17(19,20)14-5-7-15(22-11-14)8-9-21-16-6-4-12-2-1-3-13(12)10-16/h4-7,10-11,21H,1-3,8-9H2. The fourth-order valence-electron chi connectivity index (χ4n) is 2.76. The number of benzene rings is 1. The summed E-state index contributed by atoms with van der Waals surface area (Å²) in [4.78, 5) is 3.87. The number of aryl methyl sites for hydroxylation is 2. The Balaban J connectivity index is 1.55. The lowest BCUT2D eigenvalue weighted by molar-refractivity contribution is -0.137. The summed E-state index contributed by atoms with van der Waals surface area (Å²) < 4.78 is 37.3. The van der Waals surface area contributed by atoms with E-state index in [1.807, 2.05) is 0 Å². The Morgan fingerprint density at radius 1 is 1.05 bits per heavy atom. The Labute approximate surface area is 127 Å². The van der Waals surface area contributed by atoms with Crippen molar-refractivity contribution in [3.05, 3.63) is 58.9 Å². The minimum absolute atomic E-state index is 0.592. The number of rotatable bonds is 4. The number of anilines is 1. The fourth-order valence-corrected chi connectivity index (χ4v) is 2.76. The summed E-state index contributed by atoms with van der Waals surface area (Å²) in [6.45, 7) is 0.650. The highest BCUT2D eigenvalue weighted by atomic mass is 19.4. The van der Waals surface area contributed by atoms with E-state index in [1.54, 1.807) is 0 Å². The summed E-state index contributed by atoms with van der Waals surface area (Å²) in [6.07, 6.45) is 0.665. The lowest BCUT2D eigenvalue weighted by Gasteiger charge is -2.09. The second kappa shape index (κ2) is 5.99. The van der Waals surface area contributed by atoms with Gasteiger partial charge in [0.15, 0.2) is 0 Å². The van der Waals surface area contributed by atoms with Crippen molar-refractivity contribution in [3.63, 3.8) is 0 Å². The van der Waals surface area contributed by atoms with E-state index in [9.17, 15) is 13.2 Å². The first-order chi connectivity index (χ1) is 10.5. The van der Waals surface area contributed by atoms with E-state index >= 15 is 0 Å². The maximum Gasteiger partial charge on any atom is 0.417 e. The largest absolute Gasteiger partial charge is 0.417 e. The molecule has 1 aromatic heterocycles. The lowest BCUT2D eigenvalue weighted by Crippen LogP contribution is -2.09. The highest BCUT2D eigenvalue weighted by Gasteiger charge is 2.30. The molecule has 0 saturated carbocycles. The number of halogens is 3. The zero-order valence-corrected chi connectivity index (χ0v) is 12.1. The Kier molecular flexibility index (Phi) is 4.05. The maximum atomic E-state index is 12.4. The number of hydrogen-bond acceptors (Lipinski definition) is 2. The van der Waals surface area contributed by atoms with Gasteiger partial charge in [-0.25, -0.2) is 0 Å². The normalized spacial score (nSPS) is 14.0. The van der Waals surface area contributed by atoms with Crippen LogP contribution < -0.4 is 5.32 Å². The van der Waals surface area contributed by atoms with Crippen LogP contribution in [-0.4, -0.2) is 11.5 Å². The fraction of sp³-hybridized carbons (Fsp3) is 0.353. The minimum Gasteiger partial charge on any atom is -0.385 e. The number of nitrogens with one attached hydrogen (secondary N) is 1. The van der Waals surface area contributed by atoms with Gasteiger partial charge in [-0.15, -0.1) is 0 Å². The van der Waals surface area contributed by atoms with E-state index in [0.29, 0.717) is 18.7 Å². The summed E-state index contributed by atoms with van der Waals surface area (Å²) in [5.74, 6) is 0. The summed E-state index contributed by atoms with van der Waals surface area (Å²) in [5.41, 5.74) is 3.84. The first kappa shape index (κ1) is 14.9. The molecular weight excluding hydrogens is 289 g/mol. The van der Waals surface area contributed by atoms with Crippen molar-refractivity contribution < 1.29 is 13.2 Å². The Bertz CT molecular complexity index is 648. The molecule has 116 valence electrons. The van der Waals surface area contributed by atoms with Crippen molar-refractivity contribution in [3.8, 4) is 0 Å². The number of nitrogens with zero attached hydrogens (tertiary/aromatic N) is 1. The quantitative estimate of drug-likeness (QED) is 0.913. The monoisotopic (exact) mass is 306 g/mol. The molecule has 1 heterocycles. The zero-order valence-electron chi connectivity index (χ0n) is 12.1. The maximum absolute atomic E-state index is 12.4. The molecule has 3 rings (SSSR count). The van der Waals surface area contributed by atoms with Crippen LogP contribution in [0.1, 0.15) is 28.8 Å². The molecule has 5 heteroatoms. The van der Waals surface area contributed by atoms with E-state index in [-0.39, 0.29) is 0 Å². The molecule has 22 heavy (non-hydrogen) atoms. The predicted molar refractivity (Wildman–Crippen MR) is 79.9 cm³/mol. The molecule has 0 saturated heterocycles. The molecule has 0 aliphatic heterocycles. The second-order valence-electron chi connectivity index (χ2n) is 5.55. The van der Waals surface area contributed by atoms with Crippen molar-refractivity contribution in [1.82, 2.24) is 4.98 Å². The topological polar surface area (TPSA) is 24.9 Å². The van der Waals surface area contributed by atoms with Gasteiger partial charge in [-0.3, -0.25) is 4.98 Å². The highest BCUT2D eigenvalue weighted by molar-refractivity contribution is 5.50. The SMILES string of the molecule is FC(F)(F)c1ccc(CCNc2ccc3c(c2)CCC3)nc1. The number of fused-ring (bicyclic) bond motifs is 1. The molecule has 0 amide bonds. The van der Waals surface area contributed by atoms with Gasteiger partial charge in [0, 0.05) is 30.5 Å². The molecule has 0 spiro atoms. The van der Waals surface area contributed by atoms with Gasteiger partial charge in [0.25, 0.3) is 0 Å². The van der Waals surface area contributed by atoms with Gasteiger partial charge in [-0.05, 0) is 54.7 Å². The Hall–Kier alpha value is -2.04. The third-order valence-corrected chi connectivity index (χ3v) is 3.96. The van der Waals surface area contributed by atoms with Crippen LogP contribution in [0.2, 0.25) is 0 Å². The van der Waals surface area contributed by atoms with Gasteiger partial charge in [-0.1, -0.05) is 6.07 Å². The average Bonchev–Trinajstić information content (AvgIpc) is 2.94. The van der Waals surface area contributed by atoms with Crippen molar-refractivity contribution in [2.45, 2.75) is 31.9 Å². The molecule has 2 aromatic rings. The Morgan fingerprint density at radius 3 is 2.59 bits per heavy atom. The van der Waals surface area contributed by atoms with E-state index in [4.69, 9.17) is 0 Å². The molecule has 1 aromatic carbocycles. The van der Waals surface area contributed by atoms with Crippen molar-refractivity contribution in [1.29, 1.82) is 0 Å². The molecule has 1 aliphatic carbocycles. The van der Waals surface area contributed by atoms with E-state index < -0.39 is 11.7 Å². The van der Waals surface area contributed by atoms with Gasteiger partial charge in [0.1, 0.15) is 0 Å². The number of alkyl halides is 3. The average molecular weight is 306 g/mol. The molecule has 0 bridgehead atoms. The predicted octanol–water partition coefficient (Wildman–Crippen LogP) is 4.24. The van der Waals surface area contributed by atoms with Crippen LogP contribution >= 0.6 is 0 Å². The second-order valence-corrected chi connectivity index (χ2v) is 5.55. The lowest BCUT2D eigenvalue weighted by atomic mass is 10.1. The molecule has 1 aliphatic rings. The van der Waals surface area contributed by atoms with Gasteiger partial charge >= 0.3 is 6.18 Å². The summed E-state index contributed by atoms with van der Waals surface area (Å²) in [7, 11) is 0. The summed E-state index contributed by atoms with van der Waals surface area (Å²) in [6, 6.07) is 8.90. The third-order valence-electron chi connectivity index (χ3n) is 3.96. The van der Waals surface area contributed by atoms with Crippen LogP contribution in [0, 0.1) is 0 Å². The van der Waals surface area contributed by atoms with Crippen molar-refractivity contribution in [2.24, 2.45) is 0 Å². The number of pyridine rings is 1. The van der Waals surface area contributed by atoms with E-state index in [2.05, 4.69) is 28.5 Å². The third kappa shape index (κ3) is 3.40. The molecule has 1 N–H and O–H groups in total. The molecule has 0 radical (unpaired) electrons. The molecule has 0 fully saturated rings. The molecule has 2 nitrogen and oxygen atoms in total. The molecule has 0 unspecified atom stereocenters. The van der Waals surface area contributed by atoms with Crippen LogP contribution in [0.3, 0.4) is 0 Å². The van der Waals surface area contributed by atoms with Gasteiger partial charge in [-0.2, -0.15) is 13.2 Å². The van der Waals surface area contributed by atoms with Crippen molar-refractivity contribution in [2.75, 3.05) is 11.9 Å². The van der Waals surface area contributed by atoms with E-state index in [1.165, 1.54) is 23.6 Å². The highest BCUT2D eigenvalue weighted by Crippen LogP contribution is 2.28. The first-order valence-electron chi connectivity index (χ1n) is 7.40. The number of aromatic nitrogens is 1. The molecule has 0 atom stereocenters.